The molecule has 4 rings (SSSR count). The van der Waals surface area contributed by atoms with Gasteiger partial charge in [-0.1, -0.05) is 41.4 Å². The lowest BCUT2D eigenvalue weighted by atomic mass is 9.96. The van der Waals surface area contributed by atoms with Crippen LogP contribution in [-0.4, -0.2) is 41.5 Å². The van der Waals surface area contributed by atoms with Gasteiger partial charge >= 0.3 is 0 Å². The summed E-state index contributed by atoms with van der Waals surface area (Å²) < 4.78 is 13.6. The second-order valence-corrected chi connectivity index (χ2v) is 8.18. The highest BCUT2D eigenvalue weighted by Crippen LogP contribution is 2.37. The Morgan fingerprint density at radius 2 is 1.87 bits per heavy atom. The number of aliphatic hydroxyl groups excluding tert-OH is 1. The van der Waals surface area contributed by atoms with Gasteiger partial charge in [0.1, 0.15) is 11.5 Å². The van der Waals surface area contributed by atoms with Crippen LogP contribution in [0.1, 0.15) is 24.0 Å². The number of piperidine rings is 1. The number of carbonyl (C=O) groups is 2. The molecule has 30 heavy (non-hydrogen) atoms. The zero-order valence-electron chi connectivity index (χ0n) is 16.6. The molecule has 2 heterocycles. The van der Waals surface area contributed by atoms with Crippen molar-refractivity contribution < 1.29 is 19.1 Å². The number of halogens is 2. The lowest BCUT2D eigenvalue weighted by molar-refractivity contribution is -0.120. The summed E-state index contributed by atoms with van der Waals surface area (Å²) in [6, 6.07) is 11.2. The van der Waals surface area contributed by atoms with E-state index in [-0.39, 0.29) is 23.2 Å². The van der Waals surface area contributed by atoms with Gasteiger partial charge in [0.15, 0.2) is 0 Å². The van der Waals surface area contributed by atoms with Crippen LogP contribution in [0.3, 0.4) is 0 Å². The van der Waals surface area contributed by atoms with Crippen molar-refractivity contribution in [2.75, 3.05) is 24.6 Å². The van der Waals surface area contributed by atoms with Gasteiger partial charge in [-0.25, -0.2) is 9.29 Å². The van der Waals surface area contributed by atoms with Crippen molar-refractivity contribution in [2.45, 2.75) is 19.8 Å². The second-order valence-electron chi connectivity index (χ2n) is 7.77. The minimum atomic E-state index is -0.617. The fourth-order valence-corrected chi connectivity index (χ4v) is 4.24. The third-order valence-corrected chi connectivity index (χ3v) is 5.94. The maximum absolute atomic E-state index is 13.6. The van der Waals surface area contributed by atoms with Crippen LogP contribution in [-0.2, 0) is 9.59 Å². The Bertz CT molecular complexity index is 1040. The van der Waals surface area contributed by atoms with Crippen molar-refractivity contribution in [3.8, 4) is 0 Å². The van der Waals surface area contributed by atoms with E-state index in [9.17, 15) is 19.1 Å². The number of hydrogen-bond donors (Lipinski definition) is 1. The molecule has 5 nitrogen and oxygen atoms in total. The molecular formula is C23H22ClFN2O3. The molecule has 0 bridgehead atoms. The van der Waals surface area contributed by atoms with Crippen molar-refractivity contribution in [3.63, 3.8) is 0 Å². The third-order valence-electron chi connectivity index (χ3n) is 5.65. The lowest BCUT2D eigenvalue weighted by Gasteiger charge is -2.34. The number of anilines is 1. The standard InChI is InChI=1S/C23H22ClFN2O3/c1-14-4-6-16(7-5-14)20-21(26-10-2-3-15(12-26)13-28)23(30)27(22(20)29)17-8-9-19(25)18(24)11-17/h4-9,11,15,28H,2-3,10,12-13H2,1H3. The molecule has 1 atom stereocenters. The molecule has 156 valence electrons. The summed E-state index contributed by atoms with van der Waals surface area (Å²) in [5, 5.41) is 9.46. The maximum Gasteiger partial charge on any atom is 0.282 e. The average Bonchev–Trinajstić information content (AvgIpc) is 3.01. The number of carbonyl (C=O) groups excluding carboxylic acids is 2. The topological polar surface area (TPSA) is 60.9 Å². The summed E-state index contributed by atoms with van der Waals surface area (Å²) in [5.74, 6) is -1.50. The summed E-state index contributed by atoms with van der Waals surface area (Å²) in [7, 11) is 0. The maximum atomic E-state index is 13.6. The molecule has 0 saturated carbocycles. The van der Waals surface area contributed by atoms with Crippen LogP contribution in [0.2, 0.25) is 5.02 Å². The molecule has 2 amide bonds. The van der Waals surface area contributed by atoms with Crippen LogP contribution < -0.4 is 4.90 Å². The molecule has 0 aliphatic carbocycles. The molecule has 2 aromatic carbocycles. The molecule has 1 N–H and O–H groups in total. The number of imide groups is 1. The fourth-order valence-electron chi connectivity index (χ4n) is 4.07. The van der Waals surface area contributed by atoms with Gasteiger partial charge in [-0.05, 0) is 49.4 Å². The number of aryl methyl sites for hydroxylation is 1. The molecule has 0 aromatic heterocycles. The van der Waals surface area contributed by atoms with Crippen molar-refractivity contribution in [1.82, 2.24) is 4.90 Å². The van der Waals surface area contributed by atoms with E-state index >= 15 is 0 Å². The highest BCUT2D eigenvalue weighted by molar-refractivity contribution is 6.45. The SMILES string of the molecule is Cc1ccc(C2=C(N3CCCC(CO)C3)C(=O)N(c3ccc(F)c(Cl)c3)C2=O)cc1. The van der Waals surface area contributed by atoms with Gasteiger partial charge < -0.3 is 10.0 Å². The quantitative estimate of drug-likeness (QED) is 0.753. The van der Waals surface area contributed by atoms with Crippen LogP contribution in [0.25, 0.3) is 5.57 Å². The molecule has 1 saturated heterocycles. The first-order valence-corrected chi connectivity index (χ1v) is 10.3. The van der Waals surface area contributed by atoms with Gasteiger partial charge in [0.2, 0.25) is 0 Å². The largest absolute Gasteiger partial charge is 0.396 e. The Kier molecular flexibility index (Phi) is 5.62. The Morgan fingerprint density at radius 3 is 2.53 bits per heavy atom. The monoisotopic (exact) mass is 428 g/mol. The Hall–Kier alpha value is -2.70. The van der Waals surface area contributed by atoms with E-state index in [0.29, 0.717) is 29.9 Å². The first kappa shape index (κ1) is 20.6. The molecule has 2 aliphatic heterocycles. The van der Waals surface area contributed by atoms with Crippen LogP contribution in [0, 0.1) is 18.7 Å². The number of amides is 2. The molecule has 2 aliphatic rings. The summed E-state index contributed by atoms with van der Waals surface area (Å²) >= 11 is 5.91. The number of aliphatic hydroxyl groups is 1. The van der Waals surface area contributed by atoms with E-state index in [1.807, 2.05) is 36.1 Å². The first-order valence-electron chi connectivity index (χ1n) is 9.91. The normalized spacial score (nSPS) is 19.8. The Morgan fingerprint density at radius 1 is 1.13 bits per heavy atom. The van der Waals surface area contributed by atoms with Crippen LogP contribution in [0.5, 0.6) is 0 Å². The molecule has 1 fully saturated rings. The minimum Gasteiger partial charge on any atom is -0.396 e. The van der Waals surface area contributed by atoms with Gasteiger partial charge in [0.05, 0.1) is 16.3 Å². The number of likely N-dealkylation sites (tertiary alicyclic amines) is 1. The van der Waals surface area contributed by atoms with E-state index in [1.54, 1.807) is 0 Å². The number of hydrogen-bond acceptors (Lipinski definition) is 4. The summed E-state index contributed by atoms with van der Waals surface area (Å²) in [4.78, 5) is 29.8. The summed E-state index contributed by atoms with van der Waals surface area (Å²) in [5.41, 5.74) is 2.56. The molecular weight excluding hydrogens is 407 g/mol. The van der Waals surface area contributed by atoms with Crippen molar-refractivity contribution in [1.29, 1.82) is 0 Å². The zero-order valence-corrected chi connectivity index (χ0v) is 17.3. The molecule has 0 spiro atoms. The van der Waals surface area contributed by atoms with E-state index in [1.165, 1.54) is 12.1 Å². The fraction of sp³-hybridized carbons (Fsp3) is 0.304. The van der Waals surface area contributed by atoms with E-state index in [4.69, 9.17) is 11.6 Å². The van der Waals surface area contributed by atoms with Crippen LogP contribution in [0.15, 0.2) is 48.2 Å². The Balaban J connectivity index is 1.81. The van der Waals surface area contributed by atoms with Crippen molar-refractivity contribution in [2.24, 2.45) is 5.92 Å². The molecule has 7 heteroatoms. The molecule has 2 aromatic rings. The second kappa shape index (κ2) is 8.20. The zero-order chi connectivity index (χ0) is 21.4. The predicted octanol–water partition coefficient (Wildman–Crippen LogP) is 3.78. The smallest absolute Gasteiger partial charge is 0.282 e. The highest BCUT2D eigenvalue weighted by atomic mass is 35.5. The van der Waals surface area contributed by atoms with Crippen molar-refractivity contribution >= 4 is 34.7 Å². The van der Waals surface area contributed by atoms with Gasteiger partial charge in [0, 0.05) is 19.7 Å². The van der Waals surface area contributed by atoms with Gasteiger partial charge in [-0.15, -0.1) is 0 Å². The van der Waals surface area contributed by atoms with E-state index in [2.05, 4.69) is 0 Å². The molecule has 1 unspecified atom stereocenters. The number of rotatable bonds is 4. The van der Waals surface area contributed by atoms with Crippen molar-refractivity contribution in [3.05, 3.63) is 70.1 Å². The lowest BCUT2D eigenvalue weighted by Crippen LogP contribution is -2.40. The van der Waals surface area contributed by atoms with E-state index < -0.39 is 17.6 Å². The number of benzene rings is 2. The van der Waals surface area contributed by atoms with Gasteiger partial charge in [0.25, 0.3) is 11.8 Å². The third kappa shape index (κ3) is 3.61. The first-order chi connectivity index (χ1) is 14.4. The Labute approximate surface area is 179 Å². The van der Waals surface area contributed by atoms with Crippen LogP contribution in [0.4, 0.5) is 10.1 Å². The van der Waals surface area contributed by atoms with E-state index in [0.717, 1.165) is 29.4 Å². The van der Waals surface area contributed by atoms with Crippen LogP contribution >= 0.6 is 11.6 Å². The highest BCUT2D eigenvalue weighted by Gasteiger charge is 2.43. The summed E-state index contributed by atoms with van der Waals surface area (Å²) in [6.07, 6.45) is 1.69. The van der Waals surface area contributed by atoms with Gasteiger partial charge in [-0.3, -0.25) is 9.59 Å². The summed E-state index contributed by atoms with van der Waals surface area (Å²) in [6.45, 7) is 3.10. The average molecular weight is 429 g/mol. The molecule has 0 radical (unpaired) electrons. The predicted molar refractivity (Wildman–Crippen MR) is 113 cm³/mol. The minimum absolute atomic E-state index is 0.0308. The van der Waals surface area contributed by atoms with Gasteiger partial charge in [-0.2, -0.15) is 0 Å². The number of nitrogens with zero attached hydrogens (tertiary/aromatic N) is 2.